The Hall–Kier alpha value is -3.62. The van der Waals surface area contributed by atoms with Gasteiger partial charge in [-0.25, -0.2) is 4.68 Å². The third-order valence-corrected chi connectivity index (χ3v) is 6.15. The standard InChI is InChI=1S/C23H17N3O4S/c27-14(12-25-21(28)17-8-3-4-9-18(17)22(25)29)13-26-23(30)16-7-2-1-6-15(16)20(24-26)19-10-5-11-31-19/h1-11,14,27H,12-13H2/t14-/m1/s1. The first-order valence-corrected chi connectivity index (χ1v) is 10.6. The lowest BCUT2D eigenvalue weighted by molar-refractivity contribution is 0.0513. The summed E-state index contributed by atoms with van der Waals surface area (Å²) in [6, 6.07) is 17.6. The average Bonchev–Trinajstić information content (AvgIpc) is 3.40. The summed E-state index contributed by atoms with van der Waals surface area (Å²) >= 11 is 1.51. The van der Waals surface area contributed by atoms with Crippen molar-refractivity contribution in [3.8, 4) is 10.6 Å². The zero-order valence-corrected chi connectivity index (χ0v) is 17.1. The Balaban J connectivity index is 1.46. The van der Waals surface area contributed by atoms with E-state index in [2.05, 4.69) is 5.10 Å². The lowest BCUT2D eigenvalue weighted by Crippen LogP contribution is -2.40. The number of nitrogens with zero attached hydrogens (tertiary/aromatic N) is 3. The molecule has 3 heterocycles. The van der Waals surface area contributed by atoms with Crippen LogP contribution in [0, 0.1) is 0 Å². The largest absolute Gasteiger partial charge is 0.389 e. The van der Waals surface area contributed by atoms with Crippen molar-refractivity contribution in [2.45, 2.75) is 12.6 Å². The fourth-order valence-electron chi connectivity index (χ4n) is 3.83. The van der Waals surface area contributed by atoms with Gasteiger partial charge in [0.15, 0.2) is 0 Å². The number of hydrogen-bond acceptors (Lipinski definition) is 6. The molecule has 154 valence electrons. The second-order valence-corrected chi connectivity index (χ2v) is 8.23. The fraction of sp³-hybridized carbons (Fsp3) is 0.130. The third kappa shape index (κ3) is 3.26. The lowest BCUT2D eigenvalue weighted by Gasteiger charge is -2.19. The second-order valence-electron chi connectivity index (χ2n) is 7.28. The number of benzene rings is 2. The smallest absolute Gasteiger partial charge is 0.274 e. The molecule has 2 aromatic carbocycles. The number of carbonyl (C=O) groups excluding carboxylic acids is 2. The van der Waals surface area contributed by atoms with Gasteiger partial charge < -0.3 is 5.11 Å². The van der Waals surface area contributed by atoms with Gasteiger partial charge in [-0.3, -0.25) is 19.3 Å². The van der Waals surface area contributed by atoms with Crippen LogP contribution in [0.5, 0.6) is 0 Å². The van der Waals surface area contributed by atoms with E-state index >= 15 is 0 Å². The van der Waals surface area contributed by atoms with Crippen LogP contribution in [0.4, 0.5) is 0 Å². The summed E-state index contributed by atoms with van der Waals surface area (Å²) in [6.45, 7) is -0.364. The molecule has 5 rings (SSSR count). The summed E-state index contributed by atoms with van der Waals surface area (Å²) in [7, 11) is 0. The zero-order valence-electron chi connectivity index (χ0n) is 16.3. The molecular formula is C23H17N3O4S. The number of imide groups is 1. The van der Waals surface area contributed by atoms with Gasteiger partial charge >= 0.3 is 0 Å². The Labute approximate surface area is 180 Å². The summed E-state index contributed by atoms with van der Waals surface area (Å²) in [4.78, 5) is 40.0. The molecular weight excluding hydrogens is 414 g/mol. The molecule has 0 unspecified atom stereocenters. The molecule has 31 heavy (non-hydrogen) atoms. The number of aliphatic hydroxyl groups is 1. The van der Waals surface area contributed by atoms with Crippen LogP contribution in [0.1, 0.15) is 20.7 Å². The molecule has 1 atom stereocenters. The molecule has 0 saturated heterocycles. The Morgan fingerprint density at radius 3 is 2.13 bits per heavy atom. The molecule has 0 saturated carbocycles. The van der Waals surface area contributed by atoms with E-state index in [9.17, 15) is 19.5 Å². The Bertz CT molecular complexity index is 1340. The van der Waals surface area contributed by atoms with E-state index in [0.29, 0.717) is 22.2 Å². The van der Waals surface area contributed by atoms with Gasteiger partial charge in [-0.15, -0.1) is 11.3 Å². The molecule has 8 heteroatoms. The SMILES string of the molecule is O=C1c2ccccc2C(=O)N1C[C@@H](O)Cn1nc(-c2cccs2)c2ccccc2c1=O. The van der Waals surface area contributed by atoms with Gasteiger partial charge in [-0.2, -0.15) is 5.10 Å². The molecule has 0 radical (unpaired) electrons. The molecule has 0 aliphatic carbocycles. The van der Waals surface area contributed by atoms with E-state index in [1.54, 1.807) is 36.4 Å². The van der Waals surface area contributed by atoms with E-state index in [0.717, 1.165) is 15.2 Å². The zero-order chi connectivity index (χ0) is 21.5. The Kier molecular flexibility index (Phi) is 4.72. The number of amides is 2. The van der Waals surface area contributed by atoms with Gasteiger partial charge in [-0.1, -0.05) is 36.4 Å². The van der Waals surface area contributed by atoms with Crippen LogP contribution in [0.3, 0.4) is 0 Å². The maximum Gasteiger partial charge on any atom is 0.274 e. The highest BCUT2D eigenvalue weighted by Gasteiger charge is 2.36. The molecule has 0 spiro atoms. The van der Waals surface area contributed by atoms with Crippen LogP contribution < -0.4 is 5.56 Å². The van der Waals surface area contributed by atoms with E-state index in [-0.39, 0.29) is 18.6 Å². The number of β-amino-alcohol motifs (C(OH)–C–C–N with tert-alkyl or cyclic N) is 1. The van der Waals surface area contributed by atoms with E-state index in [1.807, 2.05) is 29.6 Å². The van der Waals surface area contributed by atoms with Crippen molar-refractivity contribution in [1.29, 1.82) is 0 Å². The van der Waals surface area contributed by atoms with Crippen molar-refractivity contribution in [2.24, 2.45) is 0 Å². The van der Waals surface area contributed by atoms with Gasteiger partial charge in [0.2, 0.25) is 0 Å². The molecule has 4 aromatic rings. The number of hydrogen-bond donors (Lipinski definition) is 1. The second kappa shape index (κ2) is 7.57. The van der Waals surface area contributed by atoms with E-state index in [4.69, 9.17) is 0 Å². The number of thiophene rings is 1. The first-order valence-electron chi connectivity index (χ1n) is 9.71. The van der Waals surface area contributed by atoms with Crippen LogP contribution >= 0.6 is 11.3 Å². The van der Waals surface area contributed by atoms with Gasteiger partial charge in [-0.05, 0) is 29.6 Å². The van der Waals surface area contributed by atoms with Crippen LogP contribution in [0.2, 0.25) is 0 Å². The minimum atomic E-state index is -1.15. The predicted octanol–water partition coefficient (Wildman–Crippen LogP) is 2.78. The van der Waals surface area contributed by atoms with E-state index in [1.165, 1.54) is 16.0 Å². The van der Waals surface area contributed by atoms with Crippen LogP contribution in [-0.4, -0.2) is 44.3 Å². The molecule has 0 bridgehead atoms. The maximum atomic E-state index is 13.0. The van der Waals surface area contributed by atoms with Crippen molar-refractivity contribution in [2.75, 3.05) is 6.54 Å². The number of aromatic nitrogens is 2. The lowest BCUT2D eigenvalue weighted by atomic mass is 10.1. The normalized spacial score (nSPS) is 14.3. The van der Waals surface area contributed by atoms with Crippen molar-refractivity contribution >= 4 is 33.9 Å². The Morgan fingerprint density at radius 2 is 1.48 bits per heavy atom. The van der Waals surface area contributed by atoms with Gasteiger partial charge in [0.25, 0.3) is 17.4 Å². The van der Waals surface area contributed by atoms with Gasteiger partial charge in [0.05, 0.1) is 40.6 Å². The van der Waals surface area contributed by atoms with E-state index < -0.39 is 17.9 Å². The molecule has 7 nitrogen and oxygen atoms in total. The molecule has 1 aliphatic rings. The highest BCUT2D eigenvalue weighted by atomic mass is 32.1. The van der Waals surface area contributed by atoms with Gasteiger partial charge in [0, 0.05) is 5.39 Å². The van der Waals surface area contributed by atoms with Crippen molar-refractivity contribution in [1.82, 2.24) is 14.7 Å². The van der Waals surface area contributed by atoms with Crippen LogP contribution in [0.15, 0.2) is 70.8 Å². The summed E-state index contributed by atoms with van der Waals surface area (Å²) in [5, 5.41) is 18.3. The molecule has 1 N–H and O–H groups in total. The monoisotopic (exact) mass is 431 g/mol. The van der Waals surface area contributed by atoms with Gasteiger partial charge in [0.1, 0.15) is 5.69 Å². The first-order chi connectivity index (χ1) is 15.0. The minimum absolute atomic E-state index is 0.143. The number of rotatable bonds is 5. The quantitative estimate of drug-likeness (QED) is 0.491. The molecule has 1 aliphatic heterocycles. The summed E-state index contributed by atoms with van der Waals surface area (Å²) in [6.07, 6.45) is -1.15. The van der Waals surface area contributed by atoms with Crippen molar-refractivity contribution in [3.63, 3.8) is 0 Å². The first kappa shape index (κ1) is 19.3. The third-order valence-electron chi connectivity index (χ3n) is 5.28. The van der Waals surface area contributed by atoms with Crippen molar-refractivity contribution in [3.05, 3.63) is 87.5 Å². The van der Waals surface area contributed by atoms with Crippen molar-refractivity contribution < 1.29 is 14.7 Å². The molecule has 2 aromatic heterocycles. The highest BCUT2D eigenvalue weighted by Crippen LogP contribution is 2.28. The maximum absolute atomic E-state index is 13.0. The summed E-state index contributed by atoms with van der Waals surface area (Å²) in [5.41, 5.74) is 0.955. The Morgan fingerprint density at radius 1 is 0.839 bits per heavy atom. The van der Waals surface area contributed by atoms with Crippen LogP contribution in [-0.2, 0) is 6.54 Å². The summed E-state index contributed by atoms with van der Waals surface area (Å²) in [5.74, 6) is -0.893. The molecule has 0 fully saturated rings. The summed E-state index contributed by atoms with van der Waals surface area (Å²) < 4.78 is 1.21. The van der Waals surface area contributed by atoms with Crippen LogP contribution in [0.25, 0.3) is 21.3 Å². The molecule has 2 amide bonds. The number of aliphatic hydroxyl groups excluding tert-OH is 1. The average molecular weight is 431 g/mol. The fourth-order valence-corrected chi connectivity index (χ4v) is 4.55. The minimum Gasteiger partial charge on any atom is -0.389 e. The topological polar surface area (TPSA) is 92.5 Å². The number of carbonyl (C=O) groups is 2. The predicted molar refractivity (Wildman–Crippen MR) is 117 cm³/mol. The number of fused-ring (bicyclic) bond motifs is 2. The highest BCUT2D eigenvalue weighted by molar-refractivity contribution is 7.13.